The van der Waals surface area contributed by atoms with Gasteiger partial charge in [-0.1, -0.05) is 0 Å². The Morgan fingerprint density at radius 1 is 1.23 bits per heavy atom. The van der Waals surface area contributed by atoms with Crippen LogP contribution in [0.4, 0.5) is 10.5 Å². The number of carboxylic acid groups (broad SMARTS) is 1. The Hall–Kier alpha value is -3.77. The zero-order chi connectivity index (χ0) is 20.1. The van der Waals surface area contributed by atoms with E-state index in [2.05, 4.69) is 22.4 Å². The van der Waals surface area contributed by atoms with Gasteiger partial charge >= 0.3 is 12.0 Å². The summed E-state index contributed by atoms with van der Waals surface area (Å²) in [5.74, 6) is 8.85. The maximum Gasteiger partial charge on any atom is 0.343 e. The maximum absolute atomic E-state index is 10.3. The number of rotatable bonds is 3. The van der Waals surface area contributed by atoms with Gasteiger partial charge in [0.25, 0.3) is 5.69 Å². The van der Waals surface area contributed by atoms with Crippen LogP contribution >= 0.6 is 0 Å². The van der Waals surface area contributed by atoms with Crippen molar-refractivity contribution in [3.8, 4) is 5.75 Å². The van der Waals surface area contributed by atoms with E-state index in [-0.39, 0.29) is 11.3 Å². The molecule has 0 radical (unpaired) electrons. The number of carbonyl (C=O) groups is 2. The molecule has 0 aliphatic heterocycles. The van der Waals surface area contributed by atoms with E-state index in [4.69, 9.17) is 9.84 Å². The number of nitrogens with two attached hydrogens (primary N) is 3. The smallest absolute Gasteiger partial charge is 0.343 e. The van der Waals surface area contributed by atoms with Crippen molar-refractivity contribution in [1.29, 1.82) is 0 Å². The highest BCUT2D eigenvalue weighted by atomic mass is 16.6. The number of amides is 2. The first-order chi connectivity index (χ1) is 12.2. The van der Waals surface area contributed by atoms with E-state index >= 15 is 0 Å². The summed E-state index contributed by atoms with van der Waals surface area (Å²) in [6.45, 7) is 0. The van der Waals surface area contributed by atoms with Crippen molar-refractivity contribution in [2.24, 2.45) is 17.4 Å². The summed E-state index contributed by atoms with van der Waals surface area (Å²) < 4.78 is 4.85. The molecule has 1 heterocycles. The normalized spacial score (nSPS) is 8.73. The number of pyridine rings is 1. The van der Waals surface area contributed by atoms with Gasteiger partial charge in [-0.05, 0) is 24.3 Å². The van der Waals surface area contributed by atoms with Gasteiger partial charge in [-0.2, -0.15) is 5.12 Å². The lowest BCUT2D eigenvalue weighted by Gasteiger charge is -2.00. The van der Waals surface area contributed by atoms with Crippen LogP contribution in [-0.4, -0.2) is 39.2 Å². The summed E-state index contributed by atoms with van der Waals surface area (Å²) in [5, 5.41) is 18.9. The third-order valence-electron chi connectivity index (χ3n) is 2.45. The number of carboxylic acids is 1. The molecule has 0 unspecified atom stereocenters. The first kappa shape index (κ1) is 22.2. The zero-order valence-corrected chi connectivity index (χ0v) is 13.7. The van der Waals surface area contributed by atoms with Crippen molar-refractivity contribution in [3.63, 3.8) is 0 Å². The maximum atomic E-state index is 10.3. The van der Waals surface area contributed by atoms with Gasteiger partial charge in [0.05, 0.1) is 23.8 Å². The predicted molar refractivity (Wildman–Crippen MR) is 90.6 cm³/mol. The quantitative estimate of drug-likeness (QED) is 0.258. The molecule has 12 nitrogen and oxygen atoms in total. The molecule has 2 amide bonds. The number of hydrogen-bond donors (Lipinski definition) is 4. The third kappa shape index (κ3) is 9.39. The van der Waals surface area contributed by atoms with E-state index in [1.807, 2.05) is 12.1 Å². The second-order valence-corrected chi connectivity index (χ2v) is 4.25. The van der Waals surface area contributed by atoms with Gasteiger partial charge in [0.15, 0.2) is 0 Å². The minimum absolute atomic E-state index is 0.0422. The van der Waals surface area contributed by atoms with E-state index in [0.717, 1.165) is 17.9 Å². The minimum Gasteiger partial charge on any atom is -0.495 e. The Kier molecular flexibility index (Phi) is 10.0. The average Bonchev–Trinajstić information content (AvgIpc) is 2.63. The van der Waals surface area contributed by atoms with Gasteiger partial charge < -0.3 is 15.6 Å². The summed E-state index contributed by atoms with van der Waals surface area (Å²) in [6.07, 6.45) is 3.38. The Balaban J connectivity index is 0.000000388. The van der Waals surface area contributed by atoms with Gasteiger partial charge in [0.2, 0.25) is 0 Å². The molecule has 2 rings (SSSR count). The summed E-state index contributed by atoms with van der Waals surface area (Å²) in [7, 11) is 1.62. The van der Waals surface area contributed by atoms with E-state index in [9.17, 15) is 19.7 Å². The summed E-state index contributed by atoms with van der Waals surface area (Å²) in [5.41, 5.74) is 4.40. The number of nitro benzene ring substituents is 1. The Morgan fingerprint density at radius 2 is 1.77 bits per heavy atom. The van der Waals surface area contributed by atoms with Crippen LogP contribution < -0.4 is 22.2 Å². The van der Waals surface area contributed by atoms with Crippen LogP contribution in [-0.2, 0) is 0 Å². The van der Waals surface area contributed by atoms with E-state index in [1.54, 1.807) is 19.5 Å². The number of carbonyl (C=O) groups excluding carboxylic acids is 1. The lowest BCUT2D eigenvalue weighted by Crippen LogP contribution is -2.46. The van der Waals surface area contributed by atoms with Crippen LogP contribution in [0.2, 0.25) is 0 Å². The Morgan fingerprint density at radius 3 is 2.04 bits per heavy atom. The van der Waals surface area contributed by atoms with Crippen molar-refractivity contribution in [1.82, 2.24) is 10.1 Å². The van der Waals surface area contributed by atoms with Crippen molar-refractivity contribution in [2.45, 2.75) is 0 Å². The largest absolute Gasteiger partial charge is 0.495 e. The zero-order valence-electron chi connectivity index (χ0n) is 13.7. The fraction of sp³-hybridized carbons (Fsp3) is 0.0714. The molecule has 1 aromatic carbocycles. The second-order valence-electron chi connectivity index (χ2n) is 4.25. The van der Waals surface area contributed by atoms with E-state index in [0.29, 0.717) is 5.12 Å². The van der Waals surface area contributed by atoms with Crippen molar-refractivity contribution in [2.75, 3.05) is 7.11 Å². The van der Waals surface area contributed by atoms with Crippen molar-refractivity contribution >= 4 is 17.7 Å². The number of hydrazine groups is 2. The first-order valence-electron chi connectivity index (χ1n) is 6.69. The molecule has 0 atom stereocenters. The molecule has 0 saturated carbocycles. The first-order valence-corrected chi connectivity index (χ1v) is 6.69. The number of non-ortho nitro benzene ring substituents is 1. The Bertz CT molecular complexity index is 675. The third-order valence-corrected chi connectivity index (χ3v) is 2.45. The summed E-state index contributed by atoms with van der Waals surface area (Å²) in [6, 6.07) is 7.54. The molecule has 0 saturated heterocycles. The predicted octanol–water partition coefficient (Wildman–Crippen LogP) is 0.498. The lowest BCUT2D eigenvalue weighted by molar-refractivity contribution is -0.384. The van der Waals surface area contributed by atoms with Crippen LogP contribution in [0.3, 0.4) is 0 Å². The highest BCUT2D eigenvalue weighted by molar-refractivity contribution is 5.87. The molecular weight excluding hydrogens is 348 g/mol. The molecule has 0 spiro atoms. The fourth-order valence-corrected chi connectivity index (χ4v) is 1.19. The second kappa shape index (κ2) is 11.7. The monoisotopic (exact) mass is 366 g/mol. The minimum atomic E-state index is -1.09. The number of nitro groups is 1. The highest BCUT2D eigenvalue weighted by Gasteiger charge is 2.06. The SMILES string of the molecule is COc1cccnc1.NC(=O)N(N)N.O=C(O)c1ccc([N+](=O)[O-])cc1. The molecule has 2 aromatic rings. The number of hydrogen-bond acceptors (Lipinski definition) is 8. The molecule has 140 valence electrons. The molecule has 7 N–H and O–H groups in total. The number of aromatic carboxylic acids is 1. The van der Waals surface area contributed by atoms with Gasteiger partial charge in [-0.3, -0.25) is 15.1 Å². The number of primary amides is 1. The summed E-state index contributed by atoms with van der Waals surface area (Å²) in [4.78, 5) is 33.3. The fourth-order valence-electron chi connectivity index (χ4n) is 1.19. The number of methoxy groups -OCH3 is 1. The van der Waals surface area contributed by atoms with Gasteiger partial charge in [0, 0.05) is 18.3 Å². The number of urea groups is 1. The topological polar surface area (TPSA) is 201 Å². The van der Waals surface area contributed by atoms with Gasteiger partial charge in [-0.15, -0.1) is 0 Å². The number of benzene rings is 1. The van der Waals surface area contributed by atoms with Crippen molar-refractivity contribution in [3.05, 3.63) is 64.5 Å². The summed E-state index contributed by atoms with van der Waals surface area (Å²) >= 11 is 0. The molecular formula is C14H18N6O6. The van der Waals surface area contributed by atoms with E-state index in [1.165, 1.54) is 12.1 Å². The molecule has 26 heavy (non-hydrogen) atoms. The van der Waals surface area contributed by atoms with Gasteiger partial charge in [-0.25, -0.2) is 21.3 Å². The van der Waals surface area contributed by atoms with Crippen LogP contribution in [0.25, 0.3) is 0 Å². The average molecular weight is 366 g/mol. The standard InChI is InChI=1S/C7H5NO4.C6H7NO.CH6N4O/c9-7(10)5-1-3-6(4-2-5)8(11)12;1-8-6-3-2-4-7-5-6;2-1(6)5(3)4/h1-4H,(H,9,10);2-5H,1H3;3-4H2,(H2,2,6). The molecule has 12 heteroatoms. The molecule has 1 aromatic heterocycles. The van der Waals surface area contributed by atoms with Crippen LogP contribution in [0.5, 0.6) is 5.75 Å². The van der Waals surface area contributed by atoms with Crippen LogP contribution in [0, 0.1) is 10.1 Å². The Labute approximate surface area is 147 Å². The van der Waals surface area contributed by atoms with Crippen LogP contribution in [0.1, 0.15) is 10.4 Å². The number of nitrogens with zero attached hydrogens (tertiary/aromatic N) is 3. The number of ether oxygens (including phenoxy) is 1. The van der Waals surface area contributed by atoms with Crippen molar-refractivity contribution < 1.29 is 24.4 Å². The molecule has 0 aliphatic rings. The van der Waals surface area contributed by atoms with E-state index < -0.39 is 16.9 Å². The highest BCUT2D eigenvalue weighted by Crippen LogP contribution is 2.11. The van der Waals surface area contributed by atoms with Crippen LogP contribution in [0.15, 0.2) is 48.8 Å². The molecule has 0 bridgehead atoms. The molecule has 0 aliphatic carbocycles. The number of aromatic nitrogens is 1. The molecule has 0 fully saturated rings. The van der Waals surface area contributed by atoms with Gasteiger partial charge in [0.1, 0.15) is 5.75 Å². The lowest BCUT2D eigenvalue weighted by atomic mass is 10.2.